The van der Waals surface area contributed by atoms with Crippen LogP contribution in [-0.4, -0.2) is 25.7 Å². The van der Waals surface area contributed by atoms with Gasteiger partial charge in [-0.15, -0.1) is 0 Å². The van der Waals surface area contributed by atoms with Crippen molar-refractivity contribution in [3.05, 3.63) is 34.0 Å². The highest BCUT2D eigenvalue weighted by molar-refractivity contribution is 6.43. The van der Waals surface area contributed by atoms with Crippen molar-refractivity contribution in [1.29, 1.82) is 0 Å². The zero-order valence-corrected chi connectivity index (χ0v) is 12.5. The van der Waals surface area contributed by atoms with Gasteiger partial charge in [-0.25, -0.2) is 9.97 Å². The third-order valence-corrected chi connectivity index (χ3v) is 3.45. The Labute approximate surface area is 126 Å². The monoisotopic (exact) mass is 313 g/mol. The van der Waals surface area contributed by atoms with Crippen LogP contribution in [0.2, 0.25) is 10.2 Å². The van der Waals surface area contributed by atoms with Crippen molar-refractivity contribution in [1.82, 2.24) is 19.7 Å². The number of halogens is 2. The summed E-state index contributed by atoms with van der Waals surface area (Å²) in [5.74, 6) is -0.158. The first-order valence-corrected chi connectivity index (χ1v) is 6.86. The van der Waals surface area contributed by atoms with Gasteiger partial charge >= 0.3 is 0 Å². The molecule has 0 spiro atoms. The van der Waals surface area contributed by atoms with Crippen LogP contribution in [-0.2, 0) is 13.0 Å². The Bertz CT molecular complexity index is 641. The van der Waals surface area contributed by atoms with Crippen molar-refractivity contribution >= 4 is 34.9 Å². The number of amides is 1. The molecule has 0 aliphatic carbocycles. The van der Waals surface area contributed by atoms with Crippen molar-refractivity contribution in [3.8, 4) is 0 Å². The third-order valence-electron chi connectivity index (χ3n) is 2.70. The van der Waals surface area contributed by atoms with Crippen LogP contribution < -0.4 is 5.32 Å². The van der Waals surface area contributed by atoms with Crippen molar-refractivity contribution in [2.45, 2.75) is 26.8 Å². The molecule has 106 valence electrons. The Morgan fingerprint density at radius 3 is 2.75 bits per heavy atom. The van der Waals surface area contributed by atoms with E-state index in [1.807, 2.05) is 13.8 Å². The maximum absolute atomic E-state index is 12.3. The normalized spacial score (nSPS) is 10.6. The van der Waals surface area contributed by atoms with Crippen LogP contribution >= 0.6 is 23.2 Å². The maximum Gasteiger partial charge on any atom is 0.275 e. The number of hydrogen-bond acceptors (Lipinski definition) is 4. The standard InChI is InChI=1S/C12H13Cl2N5O/c1-3-7-5-8(19(4-2)18-7)12(20)17-11-9(13)10(14)15-6-16-11/h5-6H,3-4H2,1-2H3,(H,15,16,17,20). The Hall–Kier alpha value is -1.66. The lowest BCUT2D eigenvalue weighted by molar-refractivity contribution is 0.101. The average molecular weight is 314 g/mol. The molecule has 2 aromatic heterocycles. The molecule has 2 aromatic rings. The second kappa shape index (κ2) is 6.19. The Kier molecular flexibility index (Phi) is 4.57. The molecule has 0 saturated heterocycles. The number of carbonyl (C=O) groups is 1. The molecule has 0 aliphatic rings. The molecule has 0 radical (unpaired) electrons. The van der Waals surface area contributed by atoms with Crippen LogP contribution in [0.3, 0.4) is 0 Å². The summed E-state index contributed by atoms with van der Waals surface area (Å²) in [4.78, 5) is 19.9. The number of rotatable bonds is 4. The van der Waals surface area contributed by atoms with E-state index in [1.165, 1.54) is 6.33 Å². The number of aromatic nitrogens is 4. The molecule has 0 unspecified atom stereocenters. The molecule has 1 N–H and O–H groups in total. The molecule has 0 fully saturated rings. The summed E-state index contributed by atoms with van der Waals surface area (Å²) in [6, 6.07) is 1.75. The van der Waals surface area contributed by atoms with Crippen molar-refractivity contribution < 1.29 is 4.79 Å². The van der Waals surface area contributed by atoms with Crippen LogP contribution in [0, 0.1) is 0 Å². The molecular weight excluding hydrogens is 301 g/mol. The molecule has 6 nitrogen and oxygen atoms in total. The number of anilines is 1. The summed E-state index contributed by atoms with van der Waals surface area (Å²) in [5.41, 5.74) is 1.30. The minimum atomic E-state index is -0.337. The smallest absolute Gasteiger partial charge is 0.275 e. The van der Waals surface area contributed by atoms with Gasteiger partial charge in [-0.1, -0.05) is 30.1 Å². The first-order valence-electron chi connectivity index (χ1n) is 6.10. The molecule has 0 saturated carbocycles. The summed E-state index contributed by atoms with van der Waals surface area (Å²) < 4.78 is 1.63. The summed E-state index contributed by atoms with van der Waals surface area (Å²) in [6.07, 6.45) is 1.99. The molecule has 20 heavy (non-hydrogen) atoms. The van der Waals surface area contributed by atoms with Crippen LogP contribution in [0.4, 0.5) is 5.82 Å². The Morgan fingerprint density at radius 2 is 2.10 bits per heavy atom. The second-order valence-electron chi connectivity index (χ2n) is 3.97. The topological polar surface area (TPSA) is 72.7 Å². The van der Waals surface area contributed by atoms with E-state index in [9.17, 15) is 4.79 Å². The van der Waals surface area contributed by atoms with Gasteiger partial charge in [0.15, 0.2) is 11.0 Å². The molecular formula is C12H13Cl2N5O. The number of nitrogens with zero attached hydrogens (tertiary/aromatic N) is 4. The van der Waals surface area contributed by atoms with E-state index in [-0.39, 0.29) is 21.9 Å². The average Bonchev–Trinajstić information content (AvgIpc) is 2.87. The first kappa shape index (κ1) is 14.7. The van der Waals surface area contributed by atoms with Crippen LogP contribution in [0.1, 0.15) is 30.0 Å². The summed E-state index contributed by atoms with van der Waals surface area (Å²) in [6.45, 7) is 4.49. The molecule has 0 aliphatic heterocycles. The highest BCUT2D eigenvalue weighted by Crippen LogP contribution is 2.25. The zero-order chi connectivity index (χ0) is 14.7. The lowest BCUT2D eigenvalue weighted by atomic mass is 10.3. The quantitative estimate of drug-likeness (QED) is 0.881. The van der Waals surface area contributed by atoms with Gasteiger partial charge in [0.25, 0.3) is 5.91 Å². The Balaban J connectivity index is 2.28. The van der Waals surface area contributed by atoms with E-state index in [4.69, 9.17) is 23.2 Å². The minimum Gasteiger partial charge on any atom is -0.304 e. The highest BCUT2D eigenvalue weighted by Gasteiger charge is 2.17. The minimum absolute atomic E-state index is 0.0928. The number of hydrogen-bond donors (Lipinski definition) is 1. The number of carbonyl (C=O) groups excluding carboxylic acids is 1. The summed E-state index contributed by atoms with van der Waals surface area (Å²) in [5, 5.41) is 7.13. The molecule has 0 atom stereocenters. The molecule has 0 aromatic carbocycles. The van der Waals surface area contributed by atoms with E-state index < -0.39 is 0 Å². The fourth-order valence-corrected chi connectivity index (χ4v) is 1.95. The highest BCUT2D eigenvalue weighted by atomic mass is 35.5. The predicted molar refractivity (Wildman–Crippen MR) is 77.3 cm³/mol. The van der Waals surface area contributed by atoms with Crippen LogP contribution in [0.15, 0.2) is 12.4 Å². The van der Waals surface area contributed by atoms with E-state index in [0.717, 1.165) is 12.1 Å². The second-order valence-corrected chi connectivity index (χ2v) is 4.71. The van der Waals surface area contributed by atoms with Crippen molar-refractivity contribution in [2.24, 2.45) is 0 Å². The van der Waals surface area contributed by atoms with Crippen molar-refractivity contribution in [3.63, 3.8) is 0 Å². The van der Waals surface area contributed by atoms with Gasteiger partial charge in [0.2, 0.25) is 0 Å². The van der Waals surface area contributed by atoms with Gasteiger partial charge in [-0.05, 0) is 19.4 Å². The lowest BCUT2D eigenvalue weighted by Gasteiger charge is -2.07. The largest absolute Gasteiger partial charge is 0.304 e. The van der Waals surface area contributed by atoms with E-state index in [0.29, 0.717) is 12.2 Å². The zero-order valence-electron chi connectivity index (χ0n) is 11.0. The predicted octanol–water partition coefficient (Wildman–Crippen LogP) is 2.81. The van der Waals surface area contributed by atoms with Crippen LogP contribution in [0.5, 0.6) is 0 Å². The third kappa shape index (κ3) is 2.91. The number of aryl methyl sites for hydroxylation is 2. The van der Waals surface area contributed by atoms with Gasteiger partial charge < -0.3 is 5.32 Å². The van der Waals surface area contributed by atoms with Crippen LogP contribution in [0.25, 0.3) is 0 Å². The molecule has 2 heterocycles. The number of nitrogens with one attached hydrogen (secondary N) is 1. The molecule has 8 heteroatoms. The SMILES string of the molecule is CCc1cc(C(=O)Nc2ncnc(Cl)c2Cl)n(CC)n1. The van der Waals surface area contributed by atoms with Gasteiger partial charge in [-0.2, -0.15) is 5.10 Å². The van der Waals surface area contributed by atoms with Gasteiger partial charge in [0.05, 0.1) is 5.69 Å². The molecule has 1 amide bonds. The van der Waals surface area contributed by atoms with Gasteiger partial charge in [0, 0.05) is 6.54 Å². The van der Waals surface area contributed by atoms with Gasteiger partial charge in [0.1, 0.15) is 17.0 Å². The lowest BCUT2D eigenvalue weighted by Crippen LogP contribution is -2.18. The summed E-state index contributed by atoms with van der Waals surface area (Å²) in [7, 11) is 0. The van der Waals surface area contributed by atoms with E-state index >= 15 is 0 Å². The molecule has 0 bridgehead atoms. The van der Waals surface area contributed by atoms with E-state index in [1.54, 1.807) is 10.7 Å². The van der Waals surface area contributed by atoms with E-state index in [2.05, 4.69) is 20.4 Å². The van der Waals surface area contributed by atoms with Crippen molar-refractivity contribution in [2.75, 3.05) is 5.32 Å². The fraction of sp³-hybridized carbons (Fsp3) is 0.333. The Morgan fingerprint density at radius 1 is 1.35 bits per heavy atom. The van der Waals surface area contributed by atoms with Gasteiger partial charge in [-0.3, -0.25) is 9.48 Å². The molecule has 2 rings (SSSR count). The summed E-state index contributed by atoms with van der Waals surface area (Å²) >= 11 is 11.7. The first-order chi connectivity index (χ1) is 9.56. The maximum atomic E-state index is 12.3. The fourth-order valence-electron chi connectivity index (χ4n) is 1.67.